The minimum atomic E-state index is -0.956. The van der Waals surface area contributed by atoms with Crippen LogP contribution in [0.3, 0.4) is 0 Å². The lowest BCUT2D eigenvalue weighted by Crippen LogP contribution is -2.05. The van der Waals surface area contributed by atoms with Crippen LogP contribution < -0.4 is 9.47 Å². The fourth-order valence-electron chi connectivity index (χ4n) is 1.76. The molecule has 5 heteroatoms. The Morgan fingerprint density at radius 1 is 1.50 bits per heavy atom. The third-order valence-electron chi connectivity index (χ3n) is 2.45. The Morgan fingerprint density at radius 3 is 2.75 bits per heavy atom. The van der Waals surface area contributed by atoms with Crippen molar-refractivity contribution in [2.45, 2.75) is 19.8 Å². The molecule has 0 aliphatic carbocycles. The number of hydrogen-bond donors (Lipinski definition) is 1. The van der Waals surface area contributed by atoms with Crippen LogP contribution >= 0.6 is 15.9 Å². The summed E-state index contributed by atoms with van der Waals surface area (Å²) in [5.41, 5.74) is 0.989. The van der Waals surface area contributed by atoms with Crippen molar-refractivity contribution in [3.63, 3.8) is 0 Å². The van der Waals surface area contributed by atoms with Gasteiger partial charge in [-0.3, -0.25) is 0 Å². The first-order valence-electron chi connectivity index (χ1n) is 4.87. The molecule has 0 bridgehead atoms. The standard InChI is InChI=1S/C11H11BrO4/c1-5(2)8-6(11(13)14)3-7-10(9(8)12)16-4-15-7/h3,5H,4H2,1-2H3,(H,13,14). The largest absolute Gasteiger partial charge is 0.478 e. The summed E-state index contributed by atoms with van der Waals surface area (Å²) in [5.74, 6) is 0.208. The van der Waals surface area contributed by atoms with Crippen LogP contribution in [0.5, 0.6) is 11.5 Å². The van der Waals surface area contributed by atoms with Crippen molar-refractivity contribution in [3.05, 3.63) is 21.7 Å². The fraction of sp³-hybridized carbons (Fsp3) is 0.364. The summed E-state index contributed by atoms with van der Waals surface area (Å²) in [4.78, 5) is 11.2. The van der Waals surface area contributed by atoms with Crippen molar-refractivity contribution in [1.82, 2.24) is 0 Å². The molecule has 86 valence electrons. The predicted molar refractivity (Wildman–Crippen MR) is 61.3 cm³/mol. The van der Waals surface area contributed by atoms with Crippen LogP contribution in [-0.2, 0) is 0 Å². The number of carboxylic acids is 1. The second-order valence-electron chi connectivity index (χ2n) is 3.85. The summed E-state index contributed by atoms with van der Waals surface area (Å²) in [6.07, 6.45) is 0. The highest BCUT2D eigenvalue weighted by atomic mass is 79.9. The molecule has 1 aliphatic heterocycles. The maximum absolute atomic E-state index is 11.2. The number of aromatic carboxylic acids is 1. The molecular weight excluding hydrogens is 276 g/mol. The molecular formula is C11H11BrO4. The van der Waals surface area contributed by atoms with Crippen molar-refractivity contribution >= 4 is 21.9 Å². The van der Waals surface area contributed by atoms with Crippen LogP contribution in [0.4, 0.5) is 0 Å². The predicted octanol–water partition coefficient (Wildman–Crippen LogP) is 3.00. The van der Waals surface area contributed by atoms with Gasteiger partial charge in [0, 0.05) is 0 Å². The number of rotatable bonds is 2. The van der Waals surface area contributed by atoms with Crippen molar-refractivity contribution in [2.24, 2.45) is 0 Å². The van der Waals surface area contributed by atoms with Crippen LogP contribution in [0.25, 0.3) is 0 Å². The highest BCUT2D eigenvalue weighted by Crippen LogP contribution is 2.45. The van der Waals surface area contributed by atoms with Gasteiger partial charge in [-0.15, -0.1) is 0 Å². The highest BCUT2D eigenvalue weighted by Gasteiger charge is 2.26. The fourth-order valence-corrected chi connectivity index (χ4v) is 2.74. The van der Waals surface area contributed by atoms with E-state index in [1.54, 1.807) is 0 Å². The summed E-state index contributed by atoms with van der Waals surface area (Å²) in [5, 5.41) is 9.15. The van der Waals surface area contributed by atoms with Gasteiger partial charge in [0.1, 0.15) is 0 Å². The lowest BCUT2D eigenvalue weighted by Gasteiger charge is -2.14. The van der Waals surface area contributed by atoms with Gasteiger partial charge in [-0.05, 0) is 33.5 Å². The zero-order chi connectivity index (χ0) is 11.9. The molecule has 0 amide bonds. The molecule has 2 rings (SSSR count). The minimum Gasteiger partial charge on any atom is -0.478 e. The first-order valence-corrected chi connectivity index (χ1v) is 5.67. The van der Waals surface area contributed by atoms with E-state index < -0.39 is 5.97 Å². The smallest absolute Gasteiger partial charge is 0.336 e. The van der Waals surface area contributed by atoms with Crippen LogP contribution in [-0.4, -0.2) is 17.9 Å². The topological polar surface area (TPSA) is 55.8 Å². The monoisotopic (exact) mass is 286 g/mol. The molecule has 0 radical (unpaired) electrons. The van der Waals surface area contributed by atoms with E-state index in [4.69, 9.17) is 14.6 Å². The molecule has 0 fully saturated rings. The van der Waals surface area contributed by atoms with Gasteiger partial charge in [-0.1, -0.05) is 13.8 Å². The van der Waals surface area contributed by atoms with Gasteiger partial charge in [0.15, 0.2) is 11.5 Å². The third kappa shape index (κ3) is 1.65. The van der Waals surface area contributed by atoms with Gasteiger partial charge < -0.3 is 14.6 Å². The first-order chi connectivity index (χ1) is 7.52. The number of benzene rings is 1. The van der Waals surface area contributed by atoms with E-state index in [0.717, 1.165) is 5.56 Å². The van der Waals surface area contributed by atoms with Crippen LogP contribution in [0.1, 0.15) is 35.7 Å². The number of fused-ring (bicyclic) bond motifs is 1. The number of carbonyl (C=O) groups is 1. The average Bonchev–Trinajstić information content (AvgIpc) is 2.64. The Hall–Kier alpha value is -1.23. The molecule has 0 atom stereocenters. The van der Waals surface area contributed by atoms with E-state index in [2.05, 4.69) is 15.9 Å². The Kier molecular flexibility index (Phi) is 2.80. The van der Waals surface area contributed by atoms with Gasteiger partial charge in [-0.25, -0.2) is 4.79 Å². The van der Waals surface area contributed by atoms with Crippen LogP contribution in [0, 0.1) is 0 Å². The van der Waals surface area contributed by atoms with E-state index in [-0.39, 0.29) is 18.3 Å². The molecule has 0 saturated carbocycles. The van der Waals surface area contributed by atoms with Crippen molar-refractivity contribution in [2.75, 3.05) is 6.79 Å². The normalized spacial score (nSPS) is 13.2. The van der Waals surface area contributed by atoms with Crippen LogP contribution in [0.15, 0.2) is 10.5 Å². The number of ether oxygens (including phenoxy) is 2. The van der Waals surface area contributed by atoms with E-state index in [0.29, 0.717) is 16.0 Å². The Bertz CT molecular complexity index is 454. The lowest BCUT2D eigenvalue weighted by atomic mass is 9.96. The maximum atomic E-state index is 11.2. The lowest BCUT2D eigenvalue weighted by molar-refractivity contribution is 0.0694. The molecule has 4 nitrogen and oxygen atoms in total. The van der Waals surface area contributed by atoms with Gasteiger partial charge in [0.05, 0.1) is 10.0 Å². The van der Waals surface area contributed by atoms with Gasteiger partial charge in [0.25, 0.3) is 0 Å². The Morgan fingerprint density at radius 2 is 2.19 bits per heavy atom. The van der Waals surface area contributed by atoms with Crippen LogP contribution in [0.2, 0.25) is 0 Å². The third-order valence-corrected chi connectivity index (χ3v) is 3.24. The number of hydrogen-bond acceptors (Lipinski definition) is 3. The summed E-state index contributed by atoms with van der Waals surface area (Å²) in [6, 6.07) is 1.52. The molecule has 1 aliphatic rings. The zero-order valence-corrected chi connectivity index (χ0v) is 10.5. The molecule has 16 heavy (non-hydrogen) atoms. The molecule has 1 aromatic carbocycles. The number of carboxylic acid groups (broad SMARTS) is 1. The molecule has 1 aromatic rings. The first kappa shape index (κ1) is 11.3. The summed E-state index contributed by atoms with van der Waals surface area (Å²) >= 11 is 3.38. The SMILES string of the molecule is CC(C)c1c(C(=O)O)cc2c(c1Br)OCO2. The van der Waals surface area contributed by atoms with Crippen molar-refractivity contribution in [3.8, 4) is 11.5 Å². The van der Waals surface area contributed by atoms with Gasteiger partial charge >= 0.3 is 5.97 Å². The number of halogens is 1. The highest BCUT2D eigenvalue weighted by molar-refractivity contribution is 9.10. The minimum absolute atomic E-state index is 0.0926. The quantitative estimate of drug-likeness (QED) is 0.908. The molecule has 1 heterocycles. The van der Waals surface area contributed by atoms with E-state index in [1.165, 1.54) is 6.07 Å². The second kappa shape index (κ2) is 3.97. The van der Waals surface area contributed by atoms with Gasteiger partial charge in [0.2, 0.25) is 6.79 Å². The maximum Gasteiger partial charge on any atom is 0.336 e. The molecule has 0 aromatic heterocycles. The summed E-state index contributed by atoms with van der Waals surface area (Å²) < 4.78 is 11.2. The second-order valence-corrected chi connectivity index (χ2v) is 4.64. The van der Waals surface area contributed by atoms with Crippen molar-refractivity contribution in [1.29, 1.82) is 0 Å². The van der Waals surface area contributed by atoms with E-state index in [9.17, 15) is 4.79 Å². The zero-order valence-electron chi connectivity index (χ0n) is 8.91. The summed E-state index contributed by atoms with van der Waals surface area (Å²) in [6.45, 7) is 4.01. The molecule has 0 unspecified atom stereocenters. The van der Waals surface area contributed by atoms with E-state index >= 15 is 0 Å². The van der Waals surface area contributed by atoms with Gasteiger partial charge in [-0.2, -0.15) is 0 Å². The van der Waals surface area contributed by atoms with Crippen molar-refractivity contribution < 1.29 is 19.4 Å². The molecule has 1 N–H and O–H groups in total. The Labute approximate surface area is 101 Å². The van der Waals surface area contributed by atoms with E-state index in [1.807, 2.05) is 13.8 Å². The molecule has 0 saturated heterocycles. The average molecular weight is 287 g/mol. The molecule has 0 spiro atoms. The summed E-state index contributed by atoms with van der Waals surface area (Å²) in [7, 11) is 0. The Balaban J connectivity index is 2.70.